The molecule has 0 atom stereocenters. The summed E-state index contributed by atoms with van der Waals surface area (Å²) in [6.07, 6.45) is 0.490. The van der Waals surface area contributed by atoms with Crippen LogP contribution in [-0.2, 0) is 4.79 Å². The fraction of sp³-hybridized carbons (Fsp3) is 0.316. The van der Waals surface area contributed by atoms with Gasteiger partial charge in [-0.15, -0.1) is 0 Å². The van der Waals surface area contributed by atoms with Crippen LogP contribution in [0.3, 0.4) is 0 Å². The number of fused-ring (bicyclic) bond motifs is 1. The van der Waals surface area contributed by atoms with Crippen LogP contribution < -0.4 is 5.32 Å². The third kappa shape index (κ3) is 4.43. The molecule has 3 nitrogen and oxygen atoms in total. The molecule has 0 fully saturated rings. The lowest BCUT2D eigenvalue weighted by Crippen LogP contribution is -2.29. The Balaban J connectivity index is 1.98. The molecule has 0 unspecified atom stereocenters. The lowest BCUT2D eigenvalue weighted by Gasteiger charge is -2.20. The van der Waals surface area contributed by atoms with E-state index in [4.69, 9.17) is 0 Å². The van der Waals surface area contributed by atoms with Gasteiger partial charge in [-0.2, -0.15) is 0 Å². The summed E-state index contributed by atoms with van der Waals surface area (Å²) in [6, 6.07) is 14.1. The Bertz CT molecular complexity index is 658. The molecule has 0 aromatic heterocycles. The number of anilines is 1. The number of nitrogens with one attached hydrogen (secondary N) is 1. The fourth-order valence-electron chi connectivity index (χ4n) is 2.54. The van der Waals surface area contributed by atoms with Gasteiger partial charge in [0.1, 0.15) is 0 Å². The Morgan fingerprint density at radius 1 is 1.18 bits per heavy atom. The fourth-order valence-corrected chi connectivity index (χ4v) is 2.54. The van der Waals surface area contributed by atoms with Crippen LogP contribution in [-0.4, -0.2) is 30.4 Å². The maximum absolute atomic E-state index is 12.2. The van der Waals surface area contributed by atoms with E-state index in [2.05, 4.69) is 35.9 Å². The Hall–Kier alpha value is -2.13. The number of rotatable bonds is 7. The van der Waals surface area contributed by atoms with E-state index in [0.29, 0.717) is 6.42 Å². The van der Waals surface area contributed by atoms with E-state index in [0.717, 1.165) is 41.7 Å². The predicted octanol–water partition coefficient (Wildman–Crippen LogP) is 4.07. The summed E-state index contributed by atoms with van der Waals surface area (Å²) in [6.45, 7) is 10.6. The first-order valence-corrected chi connectivity index (χ1v) is 7.74. The zero-order valence-electron chi connectivity index (χ0n) is 13.4. The van der Waals surface area contributed by atoms with Crippen LogP contribution >= 0.6 is 0 Å². The number of carbonyl (C=O) groups is 1. The number of hydrogen-bond acceptors (Lipinski definition) is 2. The first-order chi connectivity index (χ1) is 10.6. The molecule has 2 aromatic carbocycles. The number of nitrogens with zero attached hydrogens (tertiary/aromatic N) is 1. The molecule has 0 aliphatic heterocycles. The highest BCUT2D eigenvalue weighted by atomic mass is 16.1. The summed E-state index contributed by atoms with van der Waals surface area (Å²) in [4.78, 5) is 14.4. The van der Waals surface area contributed by atoms with Gasteiger partial charge in [0.2, 0.25) is 5.91 Å². The van der Waals surface area contributed by atoms with Crippen LogP contribution in [0.15, 0.2) is 54.6 Å². The number of amides is 1. The van der Waals surface area contributed by atoms with Gasteiger partial charge in [0.25, 0.3) is 0 Å². The lowest BCUT2D eigenvalue weighted by atomic mass is 10.1. The average Bonchev–Trinajstić information content (AvgIpc) is 2.51. The van der Waals surface area contributed by atoms with Crippen molar-refractivity contribution in [2.24, 2.45) is 0 Å². The minimum atomic E-state index is 0.0523. The second-order valence-corrected chi connectivity index (χ2v) is 5.65. The minimum absolute atomic E-state index is 0.0523. The molecule has 1 amide bonds. The molecule has 0 heterocycles. The molecule has 22 heavy (non-hydrogen) atoms. The SMILES string of the molecule is C=C(C)CN(CC)CCC(=O)Nc1cccc2ccccc12. The molecular weight excluding hydrogens is 272 g/mol. The van der Waals surface area contributed by atoms with Crippen molar-refractivity contribution in [2.75, 3.05) is 25.0 Å². The van der Waals surface area contributed by atoms with Crippen LogP contribution in [0.1, 0.15) is 20.3 Å². The summed E-state index contributed by atoms with van der Waals surface area (Å²) in [5.74, 6) is 0.0523. The first-order valence-electron chi connectivity index (χ1n) is 7.74. The highest BCUT2D eigenvalue weighted by Gasteiger charge is 2.08. The maximum Gasteiger partial charge on any atom is 0.225 e. The van der Waals surface area contributed by atoms with E-state index in [1.165, 1.54) is 0 Å². The topological polar surface area (TPSA) is 32.3 Å². The van der Waals surface area contributed by atoms with Gasteiger partial charge < -0.3 is 5.32 Å². The lowest BCUT2D eigenvalue weighted by molar-refractivity contribution is -0.116. The number of benzene rings is 2. The van der Waals surface area contributed by atoms with Gasteiger partial charge in [0.15, 0.2) is 0 Å². The summed E-state index contributed by atoms with van der Waals surface area (Å²) in [7, 11) is 0. The van der Waals surface area contributed by atoms with Crippen molar-refractivity contribution in [1.29, 1.82) is 0 Å². The Morgan fingerprint density at radius 2 is 1.91 bits per heavy atom. The van der Waals surface area contributed by atoms with Gasteiger partial charge in [-0.1, -0.05) is 55.5 Å². The third-order valence-corrected chi connectivity index (χ3v) is 3.66. The molecule has 0 bridgehead atoms. The zero-order valence-corrected chi connectivity index (χ0v) is 13.4. The molecule has 2 rings (SSSR count). The van der Waals surface area contributed by atoms with Crippen molar-refractivity contribution in [2.45, 2.75) is 20.3 Å². The Labute approximate surface area is 132 Å². The first kappa shape index (κ1) is 16.2. The molecule has 2 aromatic rings. The summed E-state index contributed by atoms with van der Waals surface area (Å²) in [5, 5.41) is 5.24. The van der Waals surface area contributed by atoms with Crippen molar-refractivity contribution in [3.8, 4) is 0 Å². The van der Waals surface area contributed by atoms with Gasteiger partial charge in [-0.3, -0.25) is 9.69 Å². The molecule has 0 saturated carbocycles. The molecule has 116 valence electrons. The van der Waals surface area contributed by atoms with Gasteiger partial charge in [0, 0.05) is 30.6 Å². The van der Waals surface area contributed by atoms with Crippen molar-refractivity contribution in [3.05, 3.63) is 54.6 Å². The van der Waals surface area contributed by atoms with E-state index >= 15 is 0 Å². The van der Waals surface area contributed by atoms with Crippen LogP contribution in [0, 0.1) is 0 Å². The molecule has 1 N–H and O–H groups in total. The minimum Gasteiger partial charge on any atom is -0.325 e. The number of carbonyl (C=O) groups excluding carboxylic acids is 1. The molecule has 3 heteroatoms. The van der Waals surface area contributed by atoms with E-state index < -0.39 is 0 Å². The summed E-state index contributed by atoms with van der Waals surface area (Å²) < 4.78 is 0. The molecular formula is C19H24N2O. The Kier molecular flexibility index (Phi) is 5.73. The summed E-state index contributed by atoms with van der Waals surface area (Å²) in [5.41, 5.74) is 2.00. The van der Waals surface area contributed by atoms with E-state index in [1.807, 2.05) is 37.3 Å². The van der Waals surface area contributed by atoms with Gasteiger partial charge in [-0.25, -0.2) is 0 Å². The van der Waals surface area contributed by atoms with Crippen molar-refractivity contribution >= 4 is 22.4 Å². The van der Waals surface area contributed by atoms with E-state index in [-0.39, 0.29) is 5.91 Å². The number of hydrogen-bond donors (Lipinski definition) is 1. The summed E-state index contributed by atoms with van der Waals surface area (Å²) >= 11 is 0. The van der Waals surface area contributed by atoms with Crippen molar-refractivity contribution < 1.29 is 4.79 Å². The standard InChI is InChI=1S/C19H24N2O/c1-4-21(14-15(2)3)13-12-19(22)20-18-11-7-9-16-8-5-6-10-17(16)18/h5-11H,2,4,12-14H2,1,3H3,(H,20,22). The van der Waals surface area contributed by atoms with Crippen LogP contribution in [0.2, 0.25) is 0 Å². The quantitative estimate of drug-likeness (QED) is 0.781. The smallest absolute Gasteiger partial charge is 0.225 e. The average molecular weight is 296 g/mol. The third-order valence-electron chi connectivity index (χ3n) is 3.66. The Morgan fingerprint density at radius 3 is 2.64 bits per heavy atom. The predicted molar refractivity (Wildman–Crippen MR) is 94.1 cm³/mol. The second kappa shape index (κ2) is 7.76. The van der Waals surface area contributed by atoms with E-state index in [9.17, 15) is 4.79 Å². The van der Waals surface area contributed by atoms with Gasteiger partial charge in [-0.05, 0) is 24.9 Å². The molecule has 0 radical (unpaired) electrons. The zero-order chi connectivity index (χ0) is 15.9. The monoisotopic (exact) mass is 296 g/mol. The molecule has 0 saturated heterocycles. The largest absolute Gasteiger partial charge is 0.325 e. The second-order valence-electron chi connectivity index (χ2n) is 5.65. The highest BCUT2D eigenvalue weighted by molar-refractivity contribution is 6.02. The van der Waals surface area contributed by atoms with Crippen LogP contribution in [0.25, 0.3) is 10.8 Å². The highest BCUT2D eigenvalue weighted by Crippen LogP contribution is 2.22. The van der Waals surface area contributed by atoms with Crippen LogP contribution in [0.4, 0.5) is 5.69 Å². The van der Waals surface area contributed by atoms with E-state index in [1.54, 1.807) is 0 Å². The maximum atomic E-state index is 12.2. The van der Waals surface area contributed by atoms with Crippen molar-refractivity contribution in [3.63, 3.8) is 0 Å². The molecule has 0 spiro atoms. The number of likely N-dealkylation sites (N-methyl/N-ethyl adjacent to an activating group) is 1. The van der Waals surface area contributed by atoms with Crippen LogP contribution in [0.5, 0.6) is 0 Å². The molecule has 0 aliphatic carbocycles. The normalized spacial score (nSPS) is 10.9. The van der Waals surface area contributed by atoms with Gasteiger partial charge in [0.05, 0.1) is 0 Å². The molecule has 0 aliphatic rings. The van der Waals surface area contributed by atoms with Gasteiger partial charge >= 0.3 is 0 Å². The van der Waals surface area contributed by atoms with Crippen molar-refractivity contribution in [1.82, 2.24) is 4.90 Å².